The number of benzene rings is 1. The second kappa shape index (κ2) is 4.72. The first-order valence-corrected chi connectivity index (χ1v) is 5.85. The fraction of sp³-hybridized carbons (Fsp3) is 0.300. The number of hydrogen-bond acceptors (Lipinski definition) is 4. The van der Waals surface area contributed by atoms with E-state index in [1.165, 1.54) is 12.1 Å². The smallest absolute Gasteiger partial charge is 0.408 e. The van der Waals surface area contributed by atoms with Crippen molar-refractivity contribution < 1.29 is 23.2 Å². The van der Waals surface area contributed by atoms with Crippen LogP contribution in [-0.4, -0.2) is 23.5 Å². The summed E-state index contributed by atoms with van der Waals surface area (Å²) in [7, 11) is 0. The Morgan fingerprint density at radius 1 is 1.53 bits per heavy atom. The molecule has 1 atom stereocenters. The monoisotopic (exact) mass is 336 g/mol. The van der Waals surface area contributed by atoms with E-state index in [-0.39, 0.29) is 15.7 Å². The Morgan fingerprint density at radius 2 is 2.21 bits per heavy atom. The van der Waals surface area contributed by atoms with E-state index in [9.17, 15) is 23.7 Å². The fourth-order valence-electron chi connectivity index (χ4n) is 1.69. The summed E-state index contributed by atoms with van der Waals surface area (Å²) in [5.41, 5.74) is -0.411. The number of cyclic esters (lactones) is 1. The van der Waals surface area contributed by atoms with Gasteiger partial charge in [-0.1, -0.05) is 6.07 Å². The summed E-state index contributed by atoms with van der Waals surface area (Å²) in [6.45, 7) is -1.06. The molecule has 0 aromatic heterocycles. The molecule has 19 heavy (non-hydrogen) atoms. The van der Waals surface area contributed by atoms with Crippen molar-refractivity contribution in [3.8, 4) is 0 Å². The molecule has 0 unspecified atom stereocenters. The number of nitro benzene ring substituents is 1. The molecule has 1 aromatic rings. The molecular formula is C10H7BrF2N2O4. The topological polar surface area (TPSA) is 81.5 Å². The largest absolute Gasteiger partial charge is 0.443 e. The van der Waals surface area contributed by atoms with Crippen molar-refractivity contribution in [2.45, 2.75) is 12.0 Å². The highest BCUT2D eigenvalue weighted by Gasteiger charge is 2.47. The summed E-state index contributed by atoms with van der Waals surface area (Å²) in [5, 5.41) is 12.7. The Labute approximate surface area is 114 Å². The number of halogens is 3. The molecule has 1 aliphatic heterocycles. The SMILES string of the molecule is O=C1N[C@H](c2ccc(Br)c([N+](=O)[O-])c2)C(F)(F)CO1. The van der Waals surface area contributed by atoms with E-state index in [0.29, 0.717) is 0 Å². The molecule has 9 heteroatoms. The first kappa shape index (κ1) is 13.7. The molecule has 2 rings (SSSR count). The van der Waals surface area contributed by atoms with E-state index < -0.39 is 29.6 Å². The maximum atomic E-state index is 13.6. The van der Waals surface area contributed by atoms with Crippen molar-refractivity contribution in [1.29, 1.82) is 0 Å². The minimum atomic E-state index is -3.34. The van der Waals surface area contributed by atoms with Crippen molar-refractivity contribution in [2.75, 3.05) is 6.61 Å². The van der Waals surface area contributed by atoms with Crippen molar-refractivity contribution in [3.63, 3.8) is 0 Å². The number of carbonyl (C=O) groups excluding carboxylic acids is 1. The number of alkyl halides is 2. The second-order valence-electron chi connectivity index (χ2n) is 3.88. The Bertz CT molecular complexity index is 552. The predicted molar refractivity (Wildman–Crippen MR) is 63.0 cm³/mol. The molecule has 0 aliphatic carbocycles. The van der Waals surface area contributed by atoms with Crippen molar-refractivity contribution in [2.24, 2.45) is 0 Å². The quantitative estimate of drug-likeness (QED) is 0.665. The standard InChI is InChI=1S/C10H7BrF2N2O4/c11-6-2-1-5(3-7(6)15(17)18)8-10(12,13)4-19-9(16)14-8/h1-3,8H,4H2,(H,14,16)/t8-/m1/s1. The lowest BCUT2D eigenvalue weighted by molar-refractivity contribution is -0.385. The minimum absolute atomic E-state index is 0.0587. The highest BCUT2D eigenvalue weighted by atomic mass is 79.9. The molecule has 0 bridgehead atoms. The number of nitrogens with zero attached hydrogens (tertiary/aromatic N) is 1. The zero-order valence-corrected chi connectivity index (χ0v) is 10.8. The summed E-state index contributed by atoms with van der Waals surface area (Å²) < 4.78 is 31.7. The lowest BCUT2D eigenvalue weighted by atomic mass is 9.99. The van der Waals surface area contributed by atoms with Crippen LogP contribution in [0.1, 0.15) is 11.6 Å². The van der Waals surface area contributed by atoms with E-state index in [2.05, 4.69) is 20.7 Å². The van der Waals surface area contributed by atoms with Gasteiger partial charge >= 0.3 is 12.0 Å². The van der Waals surface area contributed by atoms with E-state index in [4.69, 9.17) is 0 Å². The summed E-state index contributed by atoms with van der Waals surface area (Å²) in [4.78, 5) is 21.1. The third-order valence-corrected chi connectivity index (χ3v) is 3.25. The molecule has 1 saturated heterocycles. The molecule has 0 saturated carbocycles. The Balaban J connectivity index is 2.42. The third-order valence-electron chi connectivity index (χ3n) is 2.58. The van der Waals surface area contributed by atoms with Gasteiger partial charge in [-0.25, -0.2) is 13.6 Å². The zero-order chi connectivity index (χ0) is 14.2. The normalized spacial score (nSPS) is 21.4. The Morgan fingerprint density at radius 3 is 2.84 bits per heavy atom. The molecule has 102 valence electrons. The number of ether oxygens (including phenoxy) is 1. The van der Waals surface area contributed by atoms with Crippen LogP contribution < -0.4 is 5.32 Å². The van der Waals surface area contributed by atoms with Crippen LogP contribution in [0.2, 0.25) is 0 Å². The van der Waals surface area contributed by atoms with Crippen LogP contribution in [0.25, 0.3) is 0 Å². The van der Waals surface area contributed by atoms with Gasteiger partial charge in [0.2, 0.25) is 0 Å². The van der Waals surface area contributed by atoms with Gasteiger partial charge in [-0.2, -0.15) is 0 Å². The van der Waals surface area contributed by atoms with Crippen LogP contribution in [0.15, 0.2) is 22.7 Å². The summed E-state index contributed by atoms with van der Waals surface area (Å²) >= 11 is 2.95. The highest BCUT2D eigenvalue weighted by Crippen LogP contribution is 2.37. The van der Waals surface area contributed by atoms with E-state index in [0.717, 1.165) is 6.07 Å². The number of alkyl carbamates (subject to hydrolysis) is 1. The first-order valence-electron chi connectivity index (χ1n) is 5.06. The fourth-order valence-corrected chi connectivity index (χ4v) is 2.08. The van der Waals surface area contributed by atoms with Gasteiger partial charge in [0, 0.05) is 6.07 Å². The number of rotatable bonds is 2. The van der Waals surface area contributed by atoms with Gasteiger partial charge in [-0.15, -0.1) is 0 Å². The number of carbonyl (C=O) groups is 1. The van der Waals surface area contributed by atoms with Crippen LogP contribution >= 0.6 is 15.9 Å². The van der Waals surface area contributed by atoms with Crippen LogP contribution in [0.4, 0.5) is 19.3 Å². The van der Waals surface area contributed by atoms with E-state index in [1.807, 2.05) is 5.32 Å². The van der Waals surface area contributed by atoms with E-state index in [1.54, 1.807) is 0 Å². The molecule has 1 amide bonds. The molecule has 0 radical (unpaired) electrons. The lowest BCUT2D eigenvalue weighted by Crippen LogP contribution is -2.49. The molecule has 6 nitrogen and oxygen atoms in total. The van der Waals surface area contributed by atoms with Crippen molar-refractivity contribution in [3.05, 3.63) is 38.3 Å². The third kappa shape index (κ3) is 2.65. The Hall–Kier alpha value is -1.77. The van der Waals surface area contributed by atoms with Gasteiger partial charge < -0.3 is 10.1 Å². The van der Waals surface area contributed by atoms with E-state index >= 15 is 0 Å². The van der Waals surface area contributed by atoms with Crippen LogP contribution in [0, 0.1) is 10.1 Å². The molecule has 1 fully saturated rings. The number of nitro groups is 1. The zero-order valence-electron chi connectivity index (χ0n) is 9.23. The van der Waals surface area contributed by atoms with Crippen LogP contribution in [-0.2, 0) is 4.74 Å². The maximum Gasteiger partial charge on any atom is 0.408 e. The number of hydrogen-bond donors (Lipinski definition) is 1. The molecular weight excluding hydrogens is 330 g/mol. The van der Waals surface area contributed by atoms with Crippen LogP contribution in [0.5, 0.6) is 0 Å². The highest BCUT2D eigenvalue weighted by molar-refractivity contribution is 9.10. The first-order chi connectivity index (χ1) is 8.81. The number of nitrogens with one attached hydrogen (secondary N) is 1. The molecule has 1 heterocycles. The van der Waals surface area contributed by atoms with Gasteiger partial charge in [0.05, 0.1) is 9.40 Å². The Kier molecular flexibility index (Phi) is 3.40. The second-order valence-corrected chi connectivity index (χ2v) is 4.74. The molecule has 1 N–H and O–H groups in total. The maximum absolute atomic E-state index is 13.6. The summed E-state index contributed by atoms with van der Waals surface area (Å²) in [5.74, 6) is -3.34. The van der Waals surface area contributed by atoms with Gasteiger partial charge in [0.15, 0.2) is 6.61 Å². The van der Waals surface area contributed by atoms with Gasteiger partial charge in [0.25, 0.3) is 5.69 Å². The minimum Gasteiger partial charge on any atom is -0.443 e. The lowest BCUT2D eigenvalue weighted by Gasteiger charge is -2.31. The van der Waals surface area contributed by atoms with Crippen molar-refractivity contribution >= 4 is 27.7 Å². The molecule has 1 aromatic carbocycles. The molecule has 1 aliphatic rings. The average Bonchev–Trinajstić information content (AvgIpc) is 2.33. The number of amides is 1. The summed E-state index contributed by atoms with van der Waals surface area (Å²) in [6.07, 6.45) is -0.985. The van der Waals surface area contributed by atoms with Gasteiger partial charge in [0.1, 0.15) is 6.04 Å². The predicted octanol–water partition coefficient (Wildman–Crippen LogP) is 2.77. The van der Waals surface area contributed by atoms with Gasteiger partial charge in [-0.3, -0.25) is 10.1 Å². The average molecular weight is 337 g/mol. The van der Waals surface area contributed by atoms with Crippen LogP contribution in [0.3, 0.4) is 0 Å². The summed E-state index contributed by atoms with van der Waals surface area (Å²) in [6, 6.07) is 1.90. The van der Waals surface area contributed by atoms with Crippen molar-refractivity contribution in [1.82, 2.24) is 5.32 Å². The van der Waals surface area contributed by atoms with Gasteiger partial charge in [-0.05, 0) is 27.6 Å². The molecule has 0 spiro atoms.